The Bertz CT molecular complexity index is 688. The third-order valence-corrected chi connectivity index (χ3v) is 5.22. The van der Waals surface area contributed by atoms with E-state index < -0.39 is 0 Å². The lowest BCUT2D eigenvalue weighted by molar-refractivity contribution is -0.0316. The normalized spacial score (nSPS) is 29.1. The molecule has 1 aromatic carbocycles. The van der Waals surface area contributed by atoms with Gasteiger partial charge in [-0.25, -0.2) is 0 Å². The Morgan fingerprint density at radius 1 is 1.16 bits per heavy atom. The Kier molecular flexibility index (Phi) is 5.26. The molecule has 25 heavy (non-hydrogen) atoms. The SMILES string of the molecule is [2H]c1c([2H])c(OC)c(OC)c([2H])c1CCO[C@@H]1CCCC[C@H]1N1CC[C@@H](O)C1. The summed E-state index contributed by atoms with van der Waals surface area (Å²) in [5.41, 5.74) is 0.451. The Labute approximate surface area is 155 Å². The third kappa shape index (κ3) is 4.66. The van der Waals surface area contributed by atoms with Crippen LogP contribution in [0.4, 0.5) is 0 Å². The molecule has 5 nitrogen and oxygen atoms in total. The first-order chi connectivity index (χ1) is 13.5. The van der Waals surface area contributed by atoms with Gasteiger partial charge in [0.05, 0.1) is 37.1 Å². The monoisotopic (exact) mass is 352 g/mol. The number of benzene rings is 1. The molecule has 1 aromatic rings. The van der Waals surface area contributed by atoms with Gasteiger partial charge in [0.1, 0.15) is 0 Å². The summed E-state index contributed by atoms with van der Waals surface area (Å²) in [7, 11) is 2.85. The predicted octanol–water partition coefficient (Wildman–Crippen LogP) is 2.64. The van der Waals surface area contributed by atoms with Crippen molar-refractivity contribution in [3.05, 3.63) is 23.7 Å². The first kappa shape index (κ1) is 14.8. The zero-order chi connectivity index (χ0) is 20.3. The van der Waals surface area contributed by atoms with Crippen molar-refractivity contribution < 1.29 is 23.4 Å². The van der Waals surface area contributed by atoms with Crippen LogP contribution in [0.25, 0.3) is 0 Å². The van der Waals surface area contributed by atoms with Crippen LogP contribution in [0.15, 0.2) is 18.1 Å². The summed E-state index contributed by atoms with van der Waals surface area (Å²) in [6.07, 6.45) is 5.48. The van der Waals surface area contributed by atoms with Crippen molar-refractivity contribution in [2.24, 2.45) is 0 Å². The minimum absolute atomic E-state index is 0.00545. The number of hydrogen-bond donors (Lipinski definition) is 1. The van der Waals surface area contributed by atoms with E-state index in [1.54, 1.807) is 0 Å². The zero-order valence-corrected chi connectivity index (χ0v) is 15.2. The van der Waals surface area contributed by atoms with Gasteiger partial charge < -0.3 is 19.3 Å². The lowest BCUT2D eigenvalue weighted by Gasteiger charge is -2.37. The maximum Gasteiger partial charge on any atom is 0.160 e. The molecule has 2 aliphatic rings. The highest BCUT2D eigenvalue weighted by atomic mass is 16.5. The van der Waals surface area contributed by atoms with Gasteiger partial charge in [0.25, 0.3) is 0 Å². The predicted molar refractivity (Wildman–Crippen MR) is 97.4 cm³/mol. The van der Waals surface area contributed by atoms with Crippen LogP contribution in [0.2, 0.25) is 0 Å². The number of rotatable bonds is 7. The van der Waals surface area contributed by atoms with Crippen molar-refractivity contribution in [3.63, 3.8) is 0 Å². The highest BCUT2D eigenvalue weighted by Gasteiger charge is 2.34. The number of hydrogen-bond acceptors (Lipinski definition) is 5. The lowest BCUT2D eigenvalue weighted by Crippen LogP contribution is -2.46. The van der Waals surface area contributed by atoms with Gasteiger partial charge >= 0.3 is 0 Å². The van der Waals surface area contributed by atoms with Crippen LogP contribution < -0.4 is 9.47 Å². The van der Waals surface area contributed by atoms with Gasteiger partial charge in [0.15, 0.2) is 11.5 Å². The molecular weight excluding hydrogens is 318 g/mol. The summed E-state index contributed by atoms with van der Waals surface area (Å²) in [4.78, 5) is 2.35. The number of nitrogens with zero attached hydrogens (tertiary/aromatic N) is 1. The fourth-order valence-corrected chi connectivity index (χ4v) is 3.90. The molecule has 3 atom stereocenters. The van der Waals surface area contributed by atoms with Crippen LogP contribution >= 0.6 is 0 Å². The summed E-state index contributed by atoms with van der Waals surface area (Å²) in [5.74, 6) is 0.321. The molecule has 0 aromatic heterocycles. The van der Waals surface area contributed by atoms with E-state index in [4.69, 9.17) is 18.3 Å². The molecule has 1 saturated heterocycles. The molecule has 1 heterocycles. The van der Waals surface area contributed by atoms with E-state index in [1.165, 1.54) is 20.6 Å². The second-order valence-electron chi connectivity index (χ2n) is 6.87. The number of methoxy groups -OCH3 is 2. The number of ether oxygens (including phenoxy) is 3. The minimum Gasteiger partial charge on any atom is -0.493 e. The van der Waals surface area contributed by atoms with Crippen LogP contribution in [-0.2, 0) is 11.2 Å². The standard InChI is InChI=1S/C20H31NO4/c1-23-19-8-7-15(13-20(19)24-2)10-12-25-18-6-4-3-5-17(18)21-11-9-16(22)14-21/h7-8,13,16-18,22H,3-6,9-12,14H2,1-2H3/t16-,17-,18-/m1/s1/i7D,8D,13D. The van der Waals surface area contributed by atoms with Crippen molar-refractivity contribution in [3.8, 4) is 11.5 Å². The molecular formula is C20H31NO4. The largest absolute Gasteiger partial charge is 0.493 e. The number of aliphatic hydroxyl groups is 1. The molecule has 3 rings (SSSR count). The molecule has 2 fully saturated rings. The van der Waals surface area contributed by atoms with E-state index in [2.05, 4.69) is 4.90 Å². The van der Waals surface area contributed by atoms with Gasteiger partial charge in [0, 0.05) is 19.1 Å². The van der Waals surface area contributed by atoms with E-state index in [-0.39, 0.29) is 41.8 Å². The highest BCUT2D eigenvalue weighted by Crippen LogP contribution is 2.30. The van der Waals surface area contributed by atoms with E-state index in [9.17, 15) is 5.11 Å². The van der Waals surface area contributed by atoms with E-state index in [0.29, 0.717) is 24.6 Å². The van der Waals surface area contributed by atoms with Crippen molar-refractivity contribution in [1.82, 2.24) is 4.90 Å². The molecule has 1 aliphatic carbocycles. The highest BCUT2D eigenvalue weighted by molar-refractivity contribution is 5.42. The molecule has 1 saturated carbocycles. The van der Waals surface area contributed by atoms with Crippen molar-refractivity contribution in [2.75, 3.05) is 33.9 Å². The van der Waals surface area contributed by atoms with Crippen molar-refractivity contribution in [1.29, 1.82) is 0 Å². The van der Waals surface area contributed by atoms with Gasteiger partial charge in [-0.3, -0.25) is 4.90 Å². The number of likely N-dealkylation sites (tertiary alicyclic amines) is 1. The molecule has 0 spiro atoms. The number of β-amino-alcohol motifs (C(OH)–C–C–N with tert-alkyl or cyclic N) is 1. The zero-order valence-electron chi connectivity index (χ0n) is 18.2. The molecule has 0 bridgehead atoms. The molecule has 140 valence electrons. The number of aliphatic hydroxyl groups excluding tert-OH is 1. The summed E-state index contributed by atoms with van der Waals surface area (Å²) in [6, 6.07) is 0.349. The second kappa shape index (κ2) is 8.88. The first-order valence-corrected chi connectivity index (χ1v) is 9.22. The minimum atomic E-state index is -0.235. The Hall–Kier alpha value is -1.30. The topological polar surface area (TPSA) is 51.2 Å². The smallest absolute Gasteiger partial charge is 0.160 e. The fourth-order valence-electron chi connectivity index (χ4n) is 3.90. The van der Waals surface area contributed by atoms with Gasteiger partial charge in [-0.05, 0) is 43.3 Å². The Morgan fingerprint density at radius 2 is 1.96 bits per heavy atom. The maximum absolute atomic E-state index is 9.86. The van der Waals surface area contributed by atoms with Crippen LogP contribution in [0, 0.1) is 0 Å². The molecule has 5 heteroatoms. The molecule has 1 aliphatic heterocycles. The first-order valence-electron chi connectivity index (χ1n) is 10.7. The summed E-state index contributed by atoms with van der Waals surface area (Å²) in [6.45, 7) is 2.03. The molecule has 1 N–H and O–H groups in total. The molecule has 0 radical (unpaired) electrons. The fraction of sp³-hybridized carbons (Fsp3) is 0.700. The molecule has 0 amide bonds. The molecule has 0 unspecified atom stereocenters. The Morgan fingerprint density at radius 3 is 2.68 bits per heavy atom. The third-order valence-electron chi connectivity index (χ3n) is 5.22. The maximum atomic E-state index is 9.86. The summed E-state index contributed by atoms with van der Waals surface area (Å²) < 4.78 is 41.3. The average Bonchev–Trinajstić information content (AvgIpc) is 3.13. The van der Waals surface area contributed by atoms with Crippen LogP contribution in [0.5, 0.6) is 11.5 Å². The summed E-state index contributed by atoms with van der Waals surface area (Å²) in [5, 5.41) is 9.86. The summed E-state index contributed by atoms with van der Waals surface area (Å²) >= 11 is 0. The van der Waals surface area contributed by atoms with Crippen LogP contribution in [-0.4, -0.2) is 62.2 Å². The van der Waals surface area contributed by atoms with Crippen LogP contribution in [0.1, 0.15) is 41.8 Å². The van der Waals surface area contributed by atoms with Gasteiger partial charge in [-0.1, -0.05) is 18.9 Å². The van der Waals surface area contributed by atoms with Crippen LogP contribution in [0.3, 0.4) is 0 Å². The lowest BCUT2D eigenvalue weighted by atomic mass is 9.91. The van der Waals surface area contributed by atoms with Crippen molar-refractivity contribution >= 4 is 0 Å². The van der Waals surface area contributed by atoms with Crippen molar-refractivity contribution in [2.45, 2.75) is 56.8 Å². The van der Waals surface area contributed by atoms with Gasteiger partial charge in [-0.2, -0.15) is 0 Å². The van der Waals surface area contributed by atoms with Gasteiger partial charge in [0.2, 0.25) is 0 Å². The Balaban J connectivity index is 1.67. The second-order valence-corrected chi connectivity index (χ2v) is 6.87. The van der Waals surface area contributed by atoms with E-state index in [1.807, 2.05) is 0 Å². The average molecular weight is 352 g/mol. The quantitative estimate of drug-likeness (QED) is 0.818. The van der Waals surface area contributed by atoms with Gasteiger partial charge in [-0.15, -0.1) is 0 Å². The van der Waals surface area contributed by atoms with E-state index in [0.717, 1.165) is 38.8 Å². The van der Waals surface area contributed by atoms with E-state index >= 15 is 0 Å².